The number of aromatic nitrogens is 6. The van der Waals surface area contributed by atoms with Crippen LogP contribution in [0.3, 0.4) is 0 Å². The fourth-order valence-electron chi connectivity index (χ4n) is 3.00. The molecule has 3 aromatic rings. The Balaban J connectivity index is 1.31. The molecule has 1 fully saturated rings. The number of benzene rings is 1. The van der Waals surface area contributed by atoms with Crippen LogP contribution in [-0.4, -0.2) is 53.9 Å². The Hall–Kier alpha value is -3.24. The van der Waals surface area contributed by atoms with Gasteiger partial charge < -0.3 is 4.90 Å². The van der Waals surface area contributed by atoms with Gasteiger partial charge in [0.2, 0.25) is 5.91 Å². The van der Waals surface area contributed by atoms with Gasteiger partial charge in [-0.3, -0.25) is 4.79 Å². The third kappa shape index (κ3) is 3.87. The molecule has 1 amide bonds. The van der Waals surface area contributed by atoms with Gasteiger partial charge in [-0.2, -0.15) is 28.2 Å². The lowest BCUT2D eigenvalue weighted by Gasteiger charge is -2.39. The topological polar surface area (TPSA) is 81.7 Å². The summed E-state index contributed by atoms with van der Waals surface area (Å²) in [5.41, 5.74) is 0.295. The standard InChI is InChI=1S/C17H16F3N7O/c18-17(19,20)13-3-1-2-12(6-13)7-16(28)25-10-15(11-25)26-8-14(23-24-26)9-27-21-4-5-22-27/h1-6,8,15H,7,9-11H2. The minimum atomic E-state index is -4.42. The van der Waals surface area contributed by atoms with Crippen LogP contribution in [0.4, 0.5) is 13.2 Å². The van der Waals surface area contributed by atoms with Crippen molar-refractivity contribution in [2.45, 2.75) is 25.2 Å². The number of hydrogen-bond acceptors (Lipinski definition) is 5. The number of rotatable bonds is 5. The zero-order chi connectivity index (χ0) is 19.7. The molecule has 0 spiro atoms. The van der Waals surface area contributed by atoms with Crippen molar-refractivity contribution in [3.8, 4) is 0 Å². The van der Waals surface area contributed by atoms with E-state index in [9.17, 15) is 18.0 Å². The zero-order valence-electron chi connectivity index (χ0n) is 14.6. The van der Waals surface area contributed by atoms with Gasteiger partial charge in [-0.25, -0.2) is 4.68 Å². The summed E-state index contributed by atoms with van der Waals surface area (Å²) in [5.74, 6) is -0.211. The summed E-state index contributed by atoms with van der Waals surface area (Å²) in [6, 6.07) is 4.85. The smallest absolute Gasteiger partial charge is 0.338 e. The molecule has 0 aliphatic carbocycles. The molecule has 2 aromatic heterocycles. The Morgan fingerprint density at radius 3 is 2.64 bits per heavy atom. The fraction of sp³-hybridized carbons (Fsp3) is 0.353. The Bertz CT molecular complexity index is 961. The minimum Gasteiger partial charge on any atom is -0.338 e. The molecule has 1 aliphatic rings. The summed E-state index contributed by atoms with van der Waals surface area (Å²) in [5, 5.41) is 16.1. The second-order valence-corrected chi connectivity index (χ2v) is 6.58. The molecule has 28 heavy (non-hydrogen) atoms. The van der Waals surface area contributed by atoms with Crippen molar-refractivity contribution in [1.82, 2.24) is 34.9 Å². The number of hydrogen-bond donors (Lipinski definition) is 0. The molecule has 11 heteroatoms. The van der Waals surface area contributed by atoms with Gasteiger partial charge in [0.1, 0.15) is 12.2 Å². The number of amides is 1. The molecule has 1 aromatic carbocycles. The zero-order valence-corrected chi connectivity index (χ0v) is 14.6. The quantitative estimate of drug-likeness (QED) is 0.659. The van der Waals surface area contributed by atoms with E-state index >= 15 is 0 Å². The normalized spacial score (nSPS) is 14.9. The number of carbonyl (C=O) groups is 1. The van der Waals surface area contributed by atoms with E-state index in [1.807, 2.05) is 0 Å². The highest BCUT2D eigenvalue weighted by atomic mass is 19.4. The molecule has 0 N–H and O–H groups in total. The van der Waals surface area contributed by atoms with Crippen molar-refractivity contribution < 1.29 is 18.0 Å². The lowest BCUT2D eigenvalue weighted by atomic mass is 10.0. The van der Waals surface area contributed by atoms with Crippen LogP contribution in [0, 0.1) is 0 Å². The number of halogens is 3. The molecular weight excluding hydrogens is 375 g/mol. The van der Waals surface area contributed by atoms with Gasteiger partial charge in [0.25, 0.3) is 0 Å². The van der Waals surface area contributed by atoms with Crippen molar-refractivity contribution in [3.63, 3.8) is 0 Å². The summed E-state index contributed by atoms with van der Waals surface area (Å²) in [6.07, 6.45) is 0.443. The first-order valence-electron chi connectivity index (χ1n) is 8.57. The Labute approximate surface area is 157 Å². The second kappa shape index (κ2) is 7.06. The predicted octanol–water partition coefficient (Wildman–Crippen LogP) is 1.56. The van der Waals surface area contributed by atoms with Crippen LogP contribution < -0.4 is 0 Å². The van der Waals surface area contributed by atoms with Gasteiger partial charge >= 0.3 is 6.18 Å². The van der Waals surface area contributed by atoms with E-state index in [0.717, 1.165) is 12.1 Å². The Kier molecular flexibility index (Phi) is 4.57. The molecule has 1 aliphatic heterocycles. The average Bonchev–Trinajstić information content (AvgIpc) is 3.26. The van der Waals surface area contributed by atoms with E-state index in [1.54, 1.807) is 28.2 Å². The summed E-state index contributed by atoms with van der Waals surface area (Å²) in [7, 11) is 0. The van der Waals surface area contributed by atoms with Crippen molar-refractivity contribution in [2.24, 2.45) is 0 Å². The van der Waals surface area contributed by atoms with Crippen molar-refractivity contribution in [3.05, 3.63) is 59.7 Å². The van der Waals surface area contributed by atoms with E-state index in [-0.39, 0.29) is 18.4 Å². The van der Waals surface area contributed by atoms with Crippen LogP contribution in [0.5, 0.6) is 0 Å². The predicted molar refractivity (Wildman–Crippen MR) is 89.9 cm³/mol. The molecule has 0 atom stereocenters. The monoisotopic (exact) mass is 391 g/mol. The third-order valence-corrected chi connectivity index (χ3v) is 4.53. The highest BCUT2D eigenvalue weighted by Crippen LogP contribution is 2.30. The largest absolute Gasteiger partial charge is 0.416 e. The summed E-state index contributed by atoms with van der Waals surface area (Å²) < 4.78 is 40.0. The molecule has 3 heterocycles. The first kappa shape index (κ1) is 18.1. The molecule has 4 rings (SSSR count). The molecule has 146 valence electrons. The Morgan fingerprint density at radius 1 is 1.18 bits per heavy atom. The maximum absolute atomic E-state index is 12.8. The third-order valence-electron chi connectivity index (χ3n) is 4.53. The molecule has 0 unspecified atom stereocenters. The second-order valence-electron chi connectivity index (χ2n) is 6.58. The minimum absolute atomic E-state index is 0.00251. The van der Waals surface area contributed by atoms with E-state index in [0.29, 0.717) is 30.9 Å². The van der Waals surface area contributed by atoms with Gasteiger partial charge in [-0.15, -0.1) is 5.10 Å². The van der Waals surface area contributed by atoms with Crippen molar-refractivity contribution in [2.75, 3.05) is 13.1 Å². The number of alkyl halides is 3. The maximum Gasteiger partial charge on any atom is 0.416 e. The van der Waals surface area contributed by atoms with Crippen molar-refractivity contribution >= 4 is 5.91 Å². The SMILES string of the molecule is O=C(Cc1cccc(C(F)(F)F)c1)N1CC(n2cc(Cn3nccn3)nn2)C1. The summed E-state index contributed by atoms with van der Waals surface area (Å²) in [4.78, 5) is 15.4. The highest BCUT2D eigenvalue weighted by molar-refractivity contribution is 5.79. The molecule has 8 nitrogen and oxygen atoms in total. The average molecular weight is 391 g/mol. The van der Waals surface area contributed by atoms with E-state index in [2.05, 4.69) is 20.5 Å². The summed E-state index contributed by atoms with van der Waals surface area (Å²) in [6.45, 7) is 1.29. The van der Waals surface area contributed by atoms with Gasteiger partial charge in [0, 0.05) is 13.1 Å². The number of nitrogens with zero attached hydrogens (tertiary/aromatic N) is 7. The van der Waals surface area contributed by atoms with Gasteiger partial charge in [0.05, 0.1) is 36.6 Å². The number of likely N-dealkylation sites (tertiary alicyclic amines) is 1. The van der Waals surface area contributed by atoms with Crippen molar-refractivity contribution in [1.29, 1.82) is 0 Å². The van der Waals surface area contributed by atoms with Gasteiger partial charge in [-0.05, 0) is 11.6 Å². The first-order chi connectivity index (χ1) is 13.4. The van der Waals surface area contributed by atoms with Crippen LogP contribution >= 0.6 is 0 Å². The molecule has 1 saturated heterocycles. The van der Waals surface area contributed by atoms with Crippen LogP contribution in [0.2, 0.25) is 0 Å². The first-order valence-corrected chi connectivity index (χ1v) is 8.57. The molecule has 0 radical (unpaired) electrons. The van der Waals surface area contributed by atoms with Gasteiger partial charge in [0.15, 0.2) is 0 Å². The van der Waals surface area contributed by atoms with Crippen LogP contribution in [0.25, 0.3) is 0 Å². The molecular formula is C17H16F3N7O. The van der Waals surface area contributed by atoms with Crippen LogP contribution in [-0.2, 0) is 23.9 Å². The van der Waals surface area contributed by atoms with Crippen LogP contribution in [0.1, 0.15) is 22.9 Å². The van der Waals surface area contributed by atoms with E-state index < -0.39 is 11.7 Å². The molecule has 0 bridgehead atoms. The van der Waals surface area contributed by atoms with E-state index in [1.165, 1.54) is 16.9 Å². The summed E-state index contributed by atoms with van der Waals surface area (Å²) >= 11 is 0. The number of carbonyl (C=O) groups excluding carboxylic acids is 1. The lowest BCUT2D eigenvalue weighted by molar-refractivity contribution is -0.138. The highest BCUT2D eigenvalue weighted by Gasteiger charge is 2.34. The van der Waals surface area contributed by atoms with Crippen LogP contribution in [0.15, 0.2) is 42.9 Å². The maximum atomic E-state index is 12.8. The Morgan fingerprint density at radius 2 is 1.93 bits per heavy atom. The van der Waals surface area contributed by atoms with Gasteiger partial charge in [-0.1, -0.05) is 23.4 Å². The van der Waals surface area contributed by atoms with E-state index in [4.69, 9.17) is 0 Å². The molecule has 0 saturated carbocycles. The fourth-order valence-corrected chi connectivity index (χ4v) is 3.00. The lowest BCUT2D eigenvalue weighted by Crippen LogP contribution is -2.51.